The fraction of sp³-hybridized carbons (Fsp3) is 0.357. The van der Waals surface area contributed by atoms with Crippen molar-refractivity contribution >= 4 is 11.8 Å². The van der Waals surface area contributed by atoms with E-state index in [2.05, 4.69) is 23.3 Å². The second-order valence-corrected chi connectivity index (χ2v) is 4.96. The predicted octanol–water partition coefficient (Wildman–Crippen LogP) is 3.04. The monoisotopic (exact) mass is 262 g/mol. The first kappa shape index (κ1) is 13.2. The van der Waals surface area contributed by atoms with Gasteiger partial charge in [-0.05, 0) is 55.5 Å². The number of pyridine rings is 1. The van der Waals surface area contributed by atoms with Crippen molar-refractivity contribution in [2.24, 2.45) is 0 Å². The Balaban J connectivity index is 1.74. The zero-order valence-electron chi connectivity index (χ0n) is 10.8. The zero-order chi connectivity index (χ0) is 12.8. The van der Waals surface area contributed by atoms with Crippen molar-refractivity contribution in [1.82, 2.24) is 10.3 Å². The highest BCUT2D eigenvalue weighted by Gasteiger charge is 2.01. The lowest BCUT2D eigenvalue weighted by atomic mass is 10.1. The summed E-state index contributed by atoms with van der Waals surface area (Å²) in [4.78, 5) is 4.10. The smallest absolute Gasteiger partial charge is 0.160 e. The largest absolute Gasteiger partial charge is 0.454 e. The van der Waals surface area contributed by atoms with Gasteiger partial charge < -0.3 is 9.73 Å². The molecule has 0 aliphatic rings. The molecule has 0 spiro atoms. The molecular formula is C14H18N2OS. The van der Waals surface area contributed by atoms with E-state index in [4.69, 9.17) is 4.42 Å². The highest BCUT2D eigenvalue weighted by Crippen LogP contribution is 2.17. The molecule has 0 aromatic carbocycles. The number of rotatable bonds is 6. The van der Waals surface area contributed by atoms with Gasteiger partial charge in [0.1, 0.15) is 5.76 Å². The Hall–Kier alpha value is -1.26. The van der Waals surface area contributed by atoms with Crippen LogP contribution in [0.3, 0.4) is 0 Å². The van der Waals surface area contributed by atoms with Gasteiger partial charge in [-0.1, -0.05) is 11.8 Å². The Kier molecular flexibility index (Phi) is 4.84. The van der Waals surface area contributed by atoms with Crippen LogP contribution >= 0.6 is 11.8 Å². The first-order chi connectivity index (χ1) is 8.79. The molecule has 2 heterocycles. The molecule has 0 bridgehead atoms. The molecule has 0 radical (unpaired) electrons. The molecule has 2 rings (SSSR count). The van der Waals surface area contributed by atoms with Gasteiger partial charge >= 0.3 is 0 Å². The summed E-state index contributed by atoms with van der Waals surface area (Å²) < 4.78 is 5.60. The number of aryl methyl sites for hydroxylation is 1. The van der Waals surface area contributed by atoms with E-state index < -0.39 is 0 Å². The molecule has 0 amide bonds. The van der Waals surface area contributed by atoms with Crippen LogP contribution < -0.4 is 5.32 Å². The number of nitrogens with one attached hydrogen (secondary N) is 1. The van der Waals surface area contributed by atoms with Crippen LogP contribution in [0.1, 0.15) is 16.9 Å². The van der Waals surface area contributed by atoms with Crippen molar-refractivity contribution in [1.29, 1.82) is 0 Å². The van der Waals surface area contributed by atoms with Crippen LogP contribution in [0.2, 0.25) is 0 Å². The van der Waals surface area contributed by atoms with Crippen LogP contribution in [0, 0.1) is 6.92 Å². The molecule has 0 unspecified atom stereocenters. The second kappa shape index (κ2) is 6.61. The predicted molar refractivity (Wildman–Crippen MR) is 74.9 cm³/mol. The van der Waals surface area contributed by atoms with Crippen molar-refractivity contribution in [3.8, 4) is 0 Å². The van der Waals surface area contributed by atoms with Gasteiger partial charge in [0.25, 0.3) is 0 Å². The van der Waals surface area contributed by atoms with E-state index in [9.17, 15) is 0 Å². The van der Waals surface area contributed by atoms with Crippen molar-refractivity contribution in [2.45, 2.75) is 25.0 Å². The van der Waals surface area contributed by atoms with Gasteiger partial charge in [-0.25, -0.2) is 0 Å². The molecule has 0 saturated heterocycles. The van der Waals surface area contributed by atoms with Gasteiger partial charge in [-0.15, -0.1) is 0 Å². The minimum absolute atomic E-state index is 0.782. The molecule has 0 aliphatic heterocycles. The van der Waals surface area contributed by atoms with E-state index in [0.29, 0.717) is 0 Å². The molecule has 0 saturated carbocycles. The highest BCUT2D eigenvalue weighted by atomic mass is 32.2. The maximum atomic E-state index is 5.60. The third-order valence-corrected chi connectivity index (χ3v) is 3.47. The molecular weight excluding hydrogens is 244 g/mol. The minimum atomic E-state index is 0.782. The zero-order valence-corrected chi connectivity index (χ0v) is 11.6. The summed E-state index contributed by atoms with van der Waals surface area (Å²) in [5, 5.41) is 4.36. The van der Waals surface area contributed by atoms with Crippen molar-refractivity contribution in [2.75, 3.05) is 12.8 Å². The fourth-order valence-corrected chi connectivity index (χ4v) is 2.17. The van der Waals surface area contributed by atoms with Gasteiger partial charge in [-0.2, -0.15) is 0 Å². The van der Waals surface area contributed by atoms with Crippen molar-refractivity contribution < 1.29 is 4.42 Å². The maximum absolute atomic E-state index is 5.60. The summed E-state index contributed by atoms with van der Waals surface area (Å²) in [5.74, 6) is 0.991. The number of thioether (sulfide) groups is 1. The Bertz CT molecular complexity index is 496. The number of furan rings is 1. The quantitative estimate of drug-likeness (QED) is 0.641. The van der Waals surface area contributed by atoms with Crippen molar-refractivity contribution in [3.05, 3.63) is 47.5 Å². The summed E-state index contributed by atoms with van der Waals surface area (Å²) >= 11 is 1.63. The first-order valence-electron chi connectivity index (χ1n) is 6.02. The highest BCUT2D eigenvalue weighted by molar-refractivity contribution is 7.98. The van der Waals surface area contributed by atoms with E-state index in [-0.39, 0.29) is 0 Å². The molecule has 2 aromatic heterocycles. The summed E-state index contributed by atoms with van der Waals surface area (Å²) in [5.41, 5.74) is 2.60. The van der Waals surface area contributed by atoms with Gasteiger partial charge in [0.15, 0.2) is 5.09 Å². The second-order valence-electron chi connectivity index (χ2n) is 4.15. The minimum Gasteiger partial charge on any atom is -0.454 e. The number of hydrogen-bond donors (Lipinski definition) is 1. The van der Waals surface area contributed by atoms with Crippen LogP contribution in [0.4, 0.5) is 0 Å². The van der Waals surface area contributed by atoms with Crippen LogP contribution in [0.25, 0.3) is 0 Å². The third kappa shape index (κ3) is 3.62. The third-order valence-electron chi connectivity index (χ3n) is 2.85. The molecule has 2 aromatic rings. The Morgan fingerprint density at radius 3 is 2.94 bits per heavy atom. The topological polar surface area (TPSA) is 38.1 Å². The number of aromatic nitrogens is 1. The van der Waals surface area contributed by atoms with Crippen LogP contribution in [-0.4, -0.2) is 17.8 Å². The van der Waals surface area contributed by atoms with Crippen LogP contribution in [0.15, 0.2) is 40.1 Å². The summed E-state index contributed by atoms with van der Waals surface area (Å²) in [6.07, 6.45) is 6.79. The summed E-state index contributed by atoms with van der Waals surface area (Å²) in [6.45, 7) is 3.82. The van der Waals surface area contributed by atoms with Crippen molar-refractivity contribution in [3.63, 3.8) is 0 Å². The summed E-state index contributed by atoms with van der Waals surface area (Å²) in [6, 6.07) is 6.11. The Morgan fingerprint density at radius 1 is 1.33 bits per heavy atom. The Labute approximate surface area is 112 Å². The fourth-order valence-electron chi connectivity index (χ4n) is 1.78. The lowest BCUT2D eigenvalue weighted by molar-refractivity contribution is 0.417. The molecule has 4 heteroatoms. The maximum Gasteiger partial charge on any atom is 0.160 e. The average molecular weight is 262 g/mol. The number of hydrogen-bond acceptors (Lipinski definition) is 4. The average Bonchev–Trinajstić information content (AvgIpc) is 2.84. The standard InChI is InChI=1S/C14H18N2OS/c1-11-9-15-7-5-12(11)6-8-16-10-13-3-4-14(17-13)18-2/h3-5,7,9,16H,6,8,10H2,1-2H3. The van der Waals surface area contributed by atoms with E-state index in [0.717, 1.165) is 30.4 Å². The lowest BCUT2D eigenvalue weighted by Gasteiger charge is -2.05. The van der Waals surface area contributed by atoms with Gasteiger partial charge in [0.2, 0.25) is 0 Å². The van der Waals surface area contributed by atoms with Crippen LogP contribution in [0.5, 0.6) is 0 Å². The molecule has 3 nitrogen and oxygen atoms in total. The molecule has 18 heavy (non-hydrogen) atoms. The SMILES string of the molecule is CSc1ccc(CNCCc2ccncc2C)o1. The van der Waals surface area contributed by atoms with Gasteiger partial charge in [-0.3, -0.25) is 4.98 Å². The normalized spacial score (nSPS) is 10.8. The summed E-state index contributed by atoms with van der Waals surface area (Å²) in [7, 11) is 0. The van der Waals surface area contributed by atoms with E-state index in [1.54, 1.807) is 11.8 Å². The van der Waals surface area contributed by atoms with Gasteiger partial charge in [0, 0.05) is 12.4 Å². The van der Waals surface area contributed by atoms with E-state index >= 15 is 0 Å². The lowest BCUT2D eigenvalue weighted by Crippen LogP contribution is -2.16. The molecule has 0 aliphatic carbocycles. The van der Waals surface area contributed by atoms with Gasteiger partial charge in [0.05, 0.1) is 6.54 Å². The molecule has 96 valence electrons. The van der Waals surface area contributed by atoms with Crippen LogP contribution in [-0.2, 0) is 13.0 Å². The molecule has 1 N–H and O–H groups in total. The number of nitrogens with zero attached hydrogens (tertiary/aromatic N) is 1. The van der Waals surface area contributed by atoms with E-state index in [1.807, 2.05) is 30.8 Å². The van der Waals surface area contributed by atoms with E-state index in [1.165, 1.54) is 11.1 Å². The Morgan fingerprint density at radius 2 is 2.22 bits per heavy atom. The molecule has 0 fully saturated rings. The molecule has 0 atom stereocenters. The first-order valence-corrected chi connectivity index (χ1v) is 7.25.